The smallest absolute Gasteiger partial charge is 0.0821 e. The van der Waals surface area contributed by atoms with Gasteiger partial charge in [0.25, 0.3) is 0 Å². The molecule has 0 bridgehead atoms. The molecular formula is C14H23N3O. The van der Waals surface area contributed by atoms with E-state index in [4.69, 9.17) is 5.73 Å². The van der Waals surface area contributed by atoms with Gasteiger partial charge in [-0.3, -0.25) is 4.98 Å². The zero-order valence-corrected chi connectivity index (χ0v) is 11.3. The standard InChI is InChI=1S/C14H23N3O/c1-11(15)13-6-5-12(9-16-13)17(2)10-14(18)7-3-4-8-14/h5-6,9,11,18H,3-4,7-8,10,15H2,1-2H3. The van der Waals surface area contributed by atoms with Crippen LogP contribution in [0.5, 0.6) is 0 Å². The SMILES string of the molecule is CC(N)c1ccc(N(C)CC2(O)CCCC2)cn1. The van der Waals surface area contributed by atoms with Crippen molar-refractivity contribution >= 4 is 5.69 Å². The van der Waals surface area contributed by atoms with Crippen molar-refractivity contribution in [2.45, 2.75) is 44.2 Å². The lowest BCUT2D eigenvalue weighted by atomic mass is 10.0. The predicted octanol–water partition coefficient (Wildman–Crippen LogP) is 1.84. The highest BCUT2D eigenvalue weighted by atomic mass is 16.3. The molecule has 0 aromatic carbocycles. The molecule has 3 N–H and O–H groups in total. The highest BCUT2D eigenvalue weighted by molar-refractivity contribution is 5.44. The molecule has 1 unspecified atom stereocenters. The molecule has 4 nitrogen and oxygen atoms in total. The van der Waals surface area contributed by atoms with Gasteiger partial charge in [0.2, 0.25) is 0 Å². The Balaban J connectivity index is 2.02. The quantitative estimate of drug-likeness (QED) is 0.854. The van der Waals surface area contributed by atoms with E-state index < -0.39 is 5.60 Å². The van der Waals surface area contributed by atoms with Crippen LogP contribution in [-0.2, 0) is 0 Å². The summed E-state index contributed by atoms with van der Waals surface area (Å²) in [5, 5.41) is 10.4. The summed E-state index contributed by atoms with van der Waals surface area (Å²) in [6.45, 7) is 2.60. The third-order valence-corrected chi connectivity index (χ3v) is 3.74. The molecule has 1 aromatic heterocycles. The number of nitrogens with zero attached hydrogens (tertiary/aromatic N) is 2. The van der Waals surface area contributed by atoms with Gasteiger partial charge in [-0.2, -0.15) is 0 Å². The molecule has 1 aromatic rings. The van der Waals surface area contributed by atoms with Crippen molar-refractivity contribution in [2.75, 3.05) is 18.5 Å². The summed E-state index contributed by atoms with van der Waals surface area (Å²) in [6.07, 6.45) is 5.90. The molecule has 0 spiro atoms. The molecule has 0 aliphatic heterocycles. The number of hydrogen-bond acceptors (Lipinski definition) is 4. The Morgan fingerprint density at radius 2 is 2.11 bits per heavy atom. The second-order valence-electron chi connectivity index (χ2n) is 5.52. The van der Waals surface area contributed by atoms with E-state index in [2.05, 4.69) is 9.88 Å². The number of hydrogen-bond donors (Lipinski definition) is 2. The van der Waals surface area contributed by atoms with Crippen LogP contribution in [0.3, 0.4) is 0 Å². The first-order valence-electron chi connectivity index (χ1n) is 6.65. The van der Waals surface area contributed by atoms with E-state index in [1.807, 2.05) is 32.3 Å². The van der Waals surface area contributed by atoms with Gasteiger partial charge in [-0.05, 0) is 31.9 Å². The van der Waals surface area contributed by atoms with Gasteiger partial charge < -0.3 is 15.7 Å². The van der Waals surface area contributed by atoms with Gasteiger partial charge in [-0.25, -0.2) is 0 Å². The predicted molar refractivity (Wildman–Crippen MR) is 73.5 cm³/mol. The summed E-state index contributed by atoms with van der Waals surface area (Å²) in [6, 6.07) is 3.93. The van der Waals surface area contributed by atoms with Gasteiger partial charge in [-0.1, -0.05) is 12.8 Å². The van der Waals surface area contributed by atoms with Gasteiger partial charge in [0.15, 0.2) is 0 Å². The summed E-state index contributed by atoms with van der Waals surface area (Å²) in [5.41, 5.74) is 7.18. The first-order chi connectivity index (χ1) is 8.50. The fraction of sp³-hybridized carbons (Fsp3) is 0.643. The molecule has 1 aliphatic rings. The third-order valence-electron chi connectivity index (χ3n) is 3.74. The number of pyridine rings is 1. The number of likely N-dealkylation sites (N-methyl/N-ethyl adjacent to an activating group) is 1. The van der Waals surface area contributed by atoms with Crippen molar-refractivity contribution in [1.29, 1.82) is 0 Å². The summed E-state index contributed by atoms with van der Waals surface area (Å²) in [4.78, 5) is 6.42. The lowest BCUT2D eigenvalue weighted by Crippen LogP contribution is -2.39. The lowest BCUT2D eigenvalue weighted by molar-refractivity contribution is 0.0559. The summed E-state index contributed by atoms with van der Waals surface area (Å²) >= 11 is 0. The topological polar surface area (TPSA) is 62.4 Å². The minimum atomic E-state index is -0.519. The van der Waals surface area contributed by atoms with Crippen LogP contribution < -0.4 is 10.6 Å². The Hall–Kier alpha value is -1.13. The molecule has 4 heteroatoms. The maximum atomic E-state index is 10.4. The van der Waals surface area contributed by atoms with Crippen molar-refractivity contribution in [3.63, 3.8) is 0 Å². The second kappa shape index (κ2) is 5.24. The van der Waals surface area contributed by atoms with Crippen molar-refractivity contribution in [2.24, 2.45) is 5.73 Å². The zero-order valence-electron chi connectivity index (χ0n) is 11.3. The molecule has 1 heterocycles. The van der Waals surface area contributed by atoms with E-state index in [9.17, 15) is 5.11 Å². The van der Waals surface area contributed by atoms with E-state index >= 15 is 0 Å². The van der Waals surface area contributed by atoms with E-state index in [1.165, 1.54) is 0 Å². The first-order valence-corrected chi connectivity index (χ1v) is 6.65. The number of aliphatic hydroxyl groups is 1. The Morgan fingerprint density at radius 1 is 1.44 bits per heavy atom. The van der Waals surface area contributed by atoms with Crippen LogP contribution in [0, 0.1) is 0 Å². The van der Waals surface area contributed by atoms with Crippen molar-refractivity contribution < 1.29 is 5.11 Å². The minimum absolute atomic E-state index is 0.0385. The molecule has 1 aliphatic carbocycles. The van der Waals surface area contributed by atoms with E-state index in [0.29, 0.717) is 6.54 Å². The molecule has 1 atom stereocenters. The number of anilines is 1. The van der Waals surface area contributed by atoms with Crippen LogP contribution in [0.2, 0.25) is 0 Å². The van der Waals surface area contributed by atoms with Crippen LogP contribution in [0.15, 0.2) is 18.3 Å². The Kier molecular flexibility index (Phi) is 3.88. The maximum Gasteiger partial charge on any atom is 0.0821 e. The largest absolute Gasteiger partial charge is 0.388 e. The molecule has 2 rings (SSSR count). The van der Waals surface area contributed by atoms with Gasteiger partial charge in [0, 0.05) is 19.6 Å². The number of aromatic nitrogens is 1. The van der Waals surface area contributed by atoms with Crippen LogP contribution in [0.25, 0.3) is 0 Å². The minimum Gasteiger partial charge on any atom is -0.388 e. The molecule has 0 saturated heterocycles. The molecule has 18 heavy (non-hydrogen) atoms. The maximum absolute atomic E-state index is 10.4. The van der Waals surface area contributed by atoms with Crippen molar-refractivity contribution in [3.05, 3.63) is 24.0 Å². The average molecular weight is 249 g/mol. The summed E-state index contributed by atoms with van der Waals surface area (Å²) in [7, 11) is 2.00. The van der Waals surface area contributed by atoms with Crippen LogP contribution in [-0.4, -0.2) is 29.3 Å². The van der Waals surface area contributed by atoms with Gasteiger partial charge in [-0.15, -0.1) is 0 Å². The van der Waals surface area contributed by atoms with Crippen molar-refractivity contribution in [3.8, 4) is 0 Å². The Labute approximate surface area is 109 Å². The molecule has 1 saturated carbocycles. The summed E-state index contributed by atoms with van der Waals surface area (Å²) in [5.74, 6) is 0. The van der Waals surface area contributed by atoms with Crippen LogP contribution in [0.4, 0.5) is 5.69 Å². The summed E-state index contributed by atoms with van der Waals surface area (Å²) < 4.78 is 0. The lowest BCUT2D eigenvalue weighted by Gasteiger charge is -2.29. The molecule has 0 amide bonds. The van der Waals surface area contributed by atoms with Crippen molar-refractivity contribution in [1.82, 2.24) is 4.98 Å². The van der Waals surface area contributed by atoms with Gasteiger partial charge in [0.05, 0.1) is 23.2 Å². The zero-order chi connectivity index (χ0) is 13.2. The van der Waals surface area contributed by atoms with Gasteiger partial charge in [0.1, 0.15) is 0 Å². The molecule has 0 radical (unpaired) electrons. The van der Waals surface area contributed by atoms with E-state index in [0.717, 1.165) is 37.1 Å². The monoisotopic (exact) mass is 249 g/mol. The fourth-order valence-corrected chi connectivity index (χ4v) is 2.62. The molecule has 1 fully saturated rings. The van der Waals surface area contributed by atoms with Crippen LogP contribution in [0.1, 0.15) is 44.3 Å². The number of rotatable bonds is 4. The second-order valence-corrected chi connectivity index (χ2v) is 5.52. The molecular weight excluding hydrogens is 226 g/mol. The fourth-order valence-electron chi connectivity index (χ4n) is 2.62. The Morgan fingerprint density at radius 3 is 2.61 bits per heavy atom. The number of nitrogens with two attached hydrogens (primary N) is 1. The van der Waals surface area contributed by atoms with E-state index in [1.54, 1.807) is 0 Å². The third kappa shape index (κ3) is 3.00. The van der Waals surface area contributed by atoms with Gasteiger partial charge >= 0.3 is 0 Å². The van der Waals surface area contributed by atoms with E-state index in [-0.39, 0.29) is 6.04 Å². The first kappa shape index (κ1) is 13.3. The molecule has 100 valence electrons. The Bertz CT molecular complexity index is 383. The highest BCUT2D eigenvalue weighted by Crippen LogP contribution is 2.31. The van der Waals surface area contributed by atoms with Crippen LogP contribution >= 0.6 is 0 Å². The normalized spacial score (nSPS) is 19.8. The highest BCUT2D eigenvalue weighted by Gasteiger charge is 2.32. The average Bonchev–Trinajstić information content (AvgIpc) is 2.76.